The molecule has 0 aliphatic carbocycles. The molecule has 2 bridgehead atoms. The number of pyridine rings is 1. The molecule has 2 fully saturated rings. The van der Waals surface area contributed by atoms with Gasteiger partial charge in [-0.15, -0.1) is 0 Å². The Hall–Kier alpha value is -0.510. The molecule has 2 atom stereocenters. The van der Waals surface area contributed by atoms with Gasteiger partial charge < -0.3 is 10.2 Å². The van der Waals surface area contributed by atoms with Crippen LogP contribution in [0.25, 0.3) is 0 Å². The van der Waals surface area contributed by atoms with Gasteiger partial charge in [-0.3, -0.25) is 0 Å². The van der Waals surface area contributed by atoms with Gasteiger partial charge >= 0.3 is 0 Å². The minimum Gasteiger partial charge on any atom is -0.364 e. The first-order chi connectivity index (χ1) is 7.24. The molecule has 1 N–H and O–H groups in total. The SMILES string of the molecule is Clc1cc(N2C[C@H]3C[C@@H]2CN3)cnc1Cl. The normalized spacial score (nSPS) is 28.8. The molecule has 80 valence electrons. The second-order valence-corrected chi connectivity index (χ2v) is 4.88. The maximum Gasteiger partial charge on any atom is 0.147 e. The van der Waals surface area contributed by atoms with Crippen LogP contribution in [0.2, 0.25) is 10.2 Å². The molecule has 2 aliphatic heterocycles. The maximum atomic E-state index is 5.96. The second-order valence-electron chi connectivity index (χ2n) is 4.11. The summed E-state index contributed by atoms with van der Waals surface area (Å²) in [7, 11) is 0. The molecule has 0 amide bonds. The van der Waals surface area contributed by atoms with Gasteiger partial charge in [0.25, 0.3) is 0 Å². The number of piperazine rings is 1. The lowest BCUT2D eigenvalue weighted by Crippen LogP contribution is -2.43. The van der Waals surface area contributed by atoms with Crippen molar-refractivity contribution >= 4 is 28.9 Å². The number of fused-ring (bicyclic) bond motifs is 2. The van der Waals surface area contributed by atoms with E-state index < -0.39 is 0 Å². The van der Waals surface area contributed by atoms with Crippen LogP contribution in [0.4, 0.5) is 5.69 Å². The standard InChI is InChI=1S/C10H11Cl2N3/c11-9-2-8(4-14-10(9)12)15-5-6-1-7(15)3-13-6/h2,4,6-7,13H,1,3,5H2/t6-,7-/m1/s1. The zero-order valence-electron chi connectivity index (χ0n) is 8.08. The number of halogens is 2. The van der Waals surface area contributed by atoms with Crippen LogP contribution in [0.1, 0.15) is 6.42 Å². The van der Waals surface area contributed by atoms with E-state index in [-0.39, 0.29) is 0 Å². The third-order valence-corrected chi connectivity index (χ3v) is 3.86. The lowest BCUT2D eigenvalue weighted by Gasteiger charge is -2.29. The zero-order valence-corrected chi connectivity index (χ0v) is 9.59. The van der Waals surface area contributed by atoms with Crippen molar-refractivity contribution in [3.63, 3.8) is 0 Å². The summed E-state index contributed by atoms with van der Waals surface area (Å²) in [5.41, 5.74) is 1.08. The Morgan fingerprint density at radius 1 is 1.47 bits per heavy atom. The predicted octanol–water partition coefficient (Wildman–Crippen LogP) is 1.94. The van der Waals surface area contributed by atoms with E-state index in [0.717, 1.165) is 18.8 Å². The molecule has 0 aromatic carbocycles. The molecule has 0 spiro atoms. The average molecular weight is 244 g/mol. The summed E-state index contributed by atoms with van der Waals surface area (Å²) in [5, 5.41) is 4.37. The quantitative estimate of drug-likeness (QED) is 0.765. The first-order valence-electron chi connectivity index (χ1n) is 5.05. The van der Waals surface area contributed by atoms with Crippen LogP contribution in [-0.4, -0.2) is 30.2 Å². The van der Waals surface area contributed by atoms with E-state index in [0.29, 0.717) is 22.3 Å². The summed E-state index contributed by atoms with van der Waals surface area (Å²) in [6, 6.07) is 3.12. The van der Waals surface area contributed by atoms with Gasteiger partial charge in [-0.2, -0.15) is 0 Å². The molecule has 3 heterocycles. The van der Waals surface area contributed by atoms with Gasteiger partial charge in [-0.25, -0.2) is 4.98 Å². The lowest BCUT2D eigenvalue weighted by atomic mass is 10.2. The van der Waals surface area contributed by atoms with E-state index in [4.69, 9.17) is 23.2 Å². The molecule has 1 aromatic heterocycles. The summed E-state index contributed by atoms with van der Waals surface area (Å²) < 4.78 is 0. The van der Waals surface area contributed by atoms with Crippen molar-refractivity contribution in [3.8, 4) is 0 Å². The Morgan fingerprint density at radius 3 is 2.93 bits per heavy atom. The van der Waals surface area contributed by atoms with Crippen molar-refractivity contribution in [3.05, 3.63) is 22.4 Å². The Bertz CT molecular complexity index is 396. The lowest BCUT2D eigenvalue weighted by molar-refractivity contribution is 0.579. The van der Waals surface area contributed by atoms with Crippen molar-refractivity contribution < 1.29 is 0 Å². The molecule has 0 radical (unpaired) electrons. The molecular formula is C10H11Cl2N3. The van der Waals surface area contributed by atoms with Gasteiger partial charge in [0.2, 0.25) is 0 Å². The first kappa shape index (κ1) is 9.70. The van der Waals surface area contributed by atoms with Crippen LogP contribution in [-0.2, 0) is 0 Å². The molecule has 3 rings (SSSR count). The van der Waals surface area contributed by atoms with Gasteiger partial charge in [0.1, 0.15) is 5.15 Å². The van der Waals surface area contributed by atoms with Gasteiger partial charge in [0.15, 0.2) is 0 Å². The van der Waals surface area contributed by atoms with E-state index in [1.54, 1.807) is 6.20 Å². The highest BCUT2D eigenvalue weighted by Crippen LogP contribution is 2.31. The Morgan fingerprint density at radius 2 is 2.33 bits per heavy atom. The number of nitrogens with one attached hydrogen (secondary N) is 1. The van der Waals surface area contributed by atoms with Gasteiger partial charge in [-0.1, -0.05) is 23.2 Å². The summed E-state index contributed by atoms with van der Waals surface area (Å²) in [6.45, 7) is 2.11. The Balaban J connectivity index is 1.90. The average Bonchev–Trinajstić information content (AvgIpc) is 2.83. The summed E-state index contributed by atoms with van der Waals surface area (Å²) >= 11 is 11.8. The van der Waals surface area contributed by atoms with Crippen molar-refractivity contribution in [2.45, 2.75) is 18.5 Å². The minimum atomic E-state index is 0.378. The minimum absolute atomic E-state index is 0.378. The van der Waals surface area contributed by atoms with Crippen molar-refractivity contribution in [1.29, 1.82) is 0 Å². The van der Waals surface area contributed by atoms with Crippen molar-refractivity contribution in [2.75, 3.05) is 18.0 Å². The van der Waals surface area contributed by atoms with E-state index >= 15 is 0 Å². The van der Waals surface area contributed by atoms with Crippen LogP contribution < -0.4 is 10.2 Å². The molecule has 1 aromatic rings. The molecule has 0 unspecified atom stereocenters. The number of hydrogen-bond donors (Lipinski definition) is 1. The van der Waals surface area contributed by atoms with E-state index in [2.05, 4.69) is 15.2 Å². The second kappa shape index (κ2) is 3.51. The highest BCUT2D eigenvalue weighted by molar-refractivity contribution is 6.41. The summed E-state index contributed by atoms with van der Waals surface area (Å²) in [5.74, 6) is 0. The van der Waals surface area contributed by atoms with E-state index in [1.807, 2.05) is 6.07 Å². The van der Waals surface area contributed by atoms with E-state index in [1.165, 1.54) is 6.42 Å². The van der Waals surface area contributed by atoms with Gasteiger partial charge in [0, 0.05) is 25.2 Å². The molecule has 5 heteroatoms. The van der Waals surface area contributed by atoms with Crippen LogP contribution in [0, 0.1) is 0 Å². The number of aromatic nitrogens is 1. The predicted molar refractivity (Wildman–Crippen MR) is 61.8 cm³/mol. The molecule has 3 nitrogen and oxygen atoms in total. The van der Waals surface area contributed by atoms with Crippen molar-refractivity contribution in [1.82, 2.24) is 10.3 Å². The van der Waals surface area contributed by atoms with Crippen LogP contribution >= 0.6 is 23.2 Å². The van der Waals surface area contributed by atoms with Crippen LogP contribution in [0.15, 0.2) is 12.3 Å². The number of anilines is 1. The number of nitrogens with zero attached hydrogens (tertiary/aromatic N) is 2. The molecule has 0 saturated carbocycles. The summed E-state index contributed by atoms with van der Waals surface area (Å²) in [6.07, 6.45) is 3.02. The molecule has 15 heavy (non-hydrogen) atoms. The van der Waals surface area contributed by atoms with Crippen LogP contribution in [0.3, 0.4) is 0 Å². The Labute approximate surface area is 98.4 Å². The fourth-order valence-corrected chi connectivity index (χ4v) is 2.71. The van der Waals surface area contributed by atoms with Crippen molar-refractivity contribution in [2.24, 2.45) is 0 Å². The monoisotopic (exact) mass is 243 g/mol. The highest BCUT2D eigenvalue weighted by atomic mass is 35.5. The molecular weight excluding hydrogens is 233 g/mol. The summed E-state index contributed by atoms with van der Waals surface area (Å²) in [4.78, 5) is 6.44. The zero-order chi connectivity index (χ0) is 10.4. The Kier molecular flexibility index (Phi) is 2.27. The fourth-order valence-electron chi connectivity index (χ4n) is 2.45. The topological polar surface area (TPSA) is 28.2 Å². The van der Waals surface area contributed by atoms with Gasteiger partial charge in [-0.05, 0) is 12.5 Å². The maximum absolute atomic E-state index is 5.96. The third-order valence-electron chi connectivity index (χ3n) is 3.17. The number of rotatable bonds is 1. The third kappa shape index (κ3) is 1.59. The number of hydrogen-bond acceptors (Lipinski definition) is 3. The fraction of sp³-hybridized carbons (Fsp3) is 0.500. The largest absolute Gasteiger partial charge is 0.364 e. The van der Waals surface area contributed by atoms with Gasteiger partial charge in [0.05, 0.1) is 16.9 Å². The molecule has 2 aliphatic rings. The smallest absolute Gasteiger partial charge is 0.147 e. The molecule has 2 saturated heterocycles. The first-order valence-corrected chi connectivity index (χ1v) is 5.80. The van der Waals surface area contributed by atoms with E-state index in [9.17, 15) is 0 Å². The highest BCUT2D eigenvalue weighted by Gasteiger charge is 2.37. The van der Waals surface area contributed by atoms with Crippen LogP contribution in [0.5, 0.6) is 0 Å².